The van der Waals surface area contributed by atoms with Gasteiger partial charge in [-0.05, 0) is 52.0 Å². The maximum absolute atomic E-state index is 12.3. The van der Waals surface area contributed by atoms with E-state index in [2.05, 4.69) is 10.0 Å². The van der Waals surface area contributed by atoms with Crippen LogP contribution >= 0.6 is 0 Å². The zero-order valence-electron chi connectivity index (χ0n) is 13.4. The van der Waals surface area contributed by atoms with Gasteiger partial charge in [0.2, 0.25) is 0 Å². The highest BCUT2D eigenvalue weighted by molar-refractivity contribution is 5.69. The average Bonchev–Trinajstić information content (AvgIpc) is 2.43. The van der Waals surface area contributed by atoms with Crippen LogP contribution in [0.1, 0.15) is 53.4 Å². The number of carbonyl (C=O) groups excluding carboxylic acids is 1. The van der Waals surface area contributed by atoms with Crippen LogP contribution in [0.2, 0.25) is 0 Å². The number of aliphatic hydroxyl groups is 1. The molecular formula is C14H26N4O3. The van der Waals surface area contributed by atoms with Gasteiger partial charge in [-0.1, -0.05) is 12.0 Å². The van der Waals surface area contributed by atoms with E-state index in [1.54, 1.807) is 4.90 Å². The molecule has 0 saturated carbocycles. The third-order valence-electron chi connectivity index (χ3n) is 3.77. The highest BCUT2D eigenvalue weighted by Gasteiger charge is 2.42. The zero-order valence-corrected chi connectivity index (χ0v) is 13.4. The fourth-order valence-corrected chi connectivity index (χ4v) is 2.64. The van der Waals surface area contributed by atoms with Gasteiger partial charge in [0, 0.05) is 11.5 Å². The molecular weight excluding hydrogens is 272 g/mol. The van der Waals surface area contributed by atoms with Crippen LogP contribution in [0.3, 0.4) is 0 Å². The predicted molar refractivity (Wildman–Crippen MR) is 79.8 cm³/mol. The predicted octanol–water partition coefficient (Wildman–Crippen LogP) is 3.23. The molecule has 0 unspecified atom stereocenters. The SMILES string of the molecule is CC[C@@](O)(CN=[N+]=[N-])[C@H]1CCCCN1C(=O)OC(C)(C)C. The van der Waals surface area contributed by atoms with Gasteiger partial charge in [0.15, 0.2) is 0 Å². The lowest BCUT2D eigenvalue weighted by Crippen LogP contribution is -2.58. The molecule has 1 saturated heterocycles. The van der Waals surface area contributed by atoms with Gasteiger partial charge >= 0.3 is 6.09 Å². The fraction of sp³-hybridized carbons (Fsp3) is 0.929. The summed E-state index contributed by atoms with van der Waals surface area (Å²) in [7, 11) is 0. The summed E-state index contributed by atoms with van der Waals surface area (Å²) >= 11 is 0. The van der Waals surface area contributed by atoms with Crippen molar-refractivity contribution in [1.29, 1.82) is 0 Å². The first-order valence-electron chi connectivity index (χ1n) is 7.46. The maximum atomic E-state index is 12.3. The molecule has 0 radical (unpaired) electrons. The summed E-state index contributed by atoms with van der Waals surface area (Å²) in [4.78, 5) is 16.7. The van der Waals surface area contributed by atoms with E-state index in [9.17, 15) is 9.90 Å². The van der Waals surface area contributed by atoms with Gasteiger partial charge in [0.25, 0.3) is 0 Å². The highest BCUT2D eigenvalue weighted by atomic mass is 16.6. The van der Waals surface area contributed by atoms with Gasteiger partial charge in [-0.25, -0.2) is 4.79 Å². The minimum absolute atomic E-state index is 0.0377. The monoisotopic (exact) mass is 298 g/mol. The van der Waals surface area contributed by atoms with Gasteiger partial charge in [0.05, 0.1) is 18.2 Å². The summed E-state index contributed by atoms with van der Waals surface area (Å²) in [6.07, 6.45) is 2.50. The smallest absolute Gasteiger partial charge is 0.410 e. The number of rotatable bonds is 4. The molecule has 1 heterocycles. The number of hydrogen-bond acceptors (Lipinski definition) is 4. The van der Waals surface area contributed by atoms with Crippen LogP contribution in [0.5, 0.6) is 0 Å². The number of amides is 1. The molecule has 1 rings (SSSR count). The third-order valence-corrected chi connectivity index (χ3v) is 3.77. The van der Waals surface area contributed by atoms with Gasteiger partial charge in [0.1, 0.15) is 5.60 Å². The molecule has 7 heteroatoms. The van der Waals surface area contributed by atoms with E-state index in [0.717, 1.165) is 12.8 Å². The van der Waals surface area contributed by atoms with Crippen molar-refractivity contribution < 1.29 is 14.6 Å². The van der Waals surface area contributed by atoms with E-state index in [1.807, 2.05) is 27.7 Å². The van der Waals surface area contributed by atoms with Gasteiger partial charge < -0.3 is 14.7 Å². The molecule has 0 spiro atoms. The van der Waals surface area contributed by atoms with E-state index in [4.69, 9.17) is 10.3 Å². The van der Waals surface area contributed by atoms with E-state index in [1.165, 1.54) is 0 Å². The van der Waals surface area contributed by atoms with E-state index in [0.29, 0.717) is 19.4 Å². The Hall–Kier alpha value is -1.46. The first-order chi connectivity index (χ1) is 9.73. The highest BCUT2D eigenvalue weighted by Crippen LogP contribution is 2.30. The summed E-state index contributed by atoms with van der Waals surface area (Å²) in [6, 6.07) is -0.378. The van der Waals surface area contributed by atoms with Crippen LogP contribution in [0, 0.1) is 0 Å². The average molecular weight is 298 g/mol. The normalized spacial score (nSPS) is 22.1. The standard InChI is InChI=1S/C14H26N4O3/c1-5-14(20,10-16-17-15)11-8-6-7-9-18(11)12(19)21-13(2,3)4/h11,20H,5-10H2,1-4H3/t11-,14-/m1/s1. The van der Waals surface area contributed by atoms with Gasteiger partial charge in [-0.2, -0.15) is 0 Å². The molecule has 0 aromatic rings. The van der Waals surface area contributed by atoms with Crippen molar-refractivity contribution in [2.24, 2.45) is 5.11 Å². The summed E-state index contributed by atoms with van der Waals surface area (Å²) in [5.74, 6) is 0. The second-order valence-electron chi connectivity index (χ2n) is 6.53. The number of carbonyl (C=O) groups is 1. The first-order valence-corrected chi connectivity index (χ1v) is 7.46. The maximum Gasteiger partial charge on any atom is 0.410 e. The number of piperidine rings is 1. The van der Waals surface area contributed by atoms with Gasteiger partial charge in [-0.3, -0.25) is 0 Å². The Kier molecular flexibility index (Phi) is 5.87. The lowest BCUT2D eigenvalue weighted by Gasteiger charge is -2.44. The van der Waals surface area contributed by atoms with Crippen LogP contribution in [0.4, 0.5) is 4.79 Å². The Balaban J connectivity index is 2.94. The Morgan fingerprint density at radius 2 is 2.14 bits per heavy atom. The molecule has 1 fully saturated rings. The number of hydrogen-bond donors (Lipinski definition) is 1. The molecule has 0 bridgehead atoms. The number of nitrogens with zero attached hydrogens (tertiary/aromatic N) is 4. The van der Waals surface area contributed by atoms with Crippen LogP contribution in [0.15, 0.2) is 5.11 Å². The molecule has 7 nitrogen and oxygen atoms in total. The van der Waals surface area contributed by atoms with E-state index in [-0.39, 0.29) is 12.6 Å². The molecule has 1 aliphatic rings. The zero-order chi connectivity index (χ0) is 16.1. The van der Waals surface area contributed by atoms with Gasteiger partial charge in [-0.15, -0.1) is 0 Å². The van der Waals surface area contributed by atoms with Crippen LogP contribution in [0.25, 0.3) is 10.4 Å². The lowest BCUT2D eigenvalue weighted by molar-refractivity contribution is -0.0653. The Morgan fingerprint density at radius 3 is 2.67 bits per heavy atom. The second kappa shape index (κ2) is 7.00. The molecule has 1 aliphatic heterocycles. The van der Waals surface area contributed by atoms with E-state index < -0.39 is 17.3 Å². The van der Waals surface area contributed by atoms with E-state index >= 15 is 0 Å². The first kappa shape index (κ1) is 17.6. The fourth-order valence-electron chi connectivity index (χ4n) is 2.64. The van der Waals surface area contributed by atoms with Crippen LogP contribution < -0.4 is 0 Å². The summed E-state index contributed by atoms with van der Waals surface area (Å²) in [6.45, 7) is 7.79. The van der Waals surface area contributed by atoms with Crippen LogP contribution in [-0.4, -0.2) is 46.4 Å². The second-order valence-corrected chi connectivity index (χ2v) is 6.53. The van der Waals surface area contributed by atoms with Crippen molar-refractivity contribution in [3.63, 3.8) is 0 Å². The minimum Gasteiger partial charge on any atom is -0.444 e. The summed E-state index contributed by atoms with van der Waals surface area (Å²) < 4.78 is 5.42. The molecule has 21 heavy (non-hydrogen) atoms. The van der Waals surface area contributed by atoms with Crippen molar-refractivity contribution >= 4 is 6.09 Å². The van der Waals surface area contributed by atoms with Crippen molar-refractivity contribution in [3.8, 4) is 0 Å². The molecule has 1 amide bonds. The van der Waals surface area contributed by atoms with Crippen molar-refractivity contribution in [3.05, 3.63) is 10.4 Å². The van der Waals surface area contributed by atoms with Crippen molar-refractivity contribution in [2.75, 3.05) is 13.1 Å². The van der Waals surface area contributed by atoms with Crippen LogP contribution in [-0.2, 0) is 4.74 Å². The lowest BCUT2D eigenvalue weighted by atomic mass is 9.84. The third kappa shape index (κ3) is 4.79. The number of azide groups is 1. The number of likely N-dealkylation sites (tertiary alicyclic amines) is 1. The van der Waals surface area contributed by atoms with Crippen molar-refractivity contribution in [1.82, 2.24) is 4.90 Å². The Morgan fingerprint density at radius 1 is 1.48 bits per heavy atom. The molecule has 0 aromatic carbocycles. The summed E-state index contributed by atoms with van der Waals surface area (Å²) in [5.41, 5.74) is 6.71. The summed E-state index contributed by atoms with van der Waals surface area (Å²) in [5, 5.41) is 14.3. The Labute approximate surface area is 125 Å². The largest absolute Gasteiger partial charge is 0.444 e. The molecule has 0 aliphatic carbocycles. The Bertz CT molecular complexity index is 415. The number of ether oxygens (including phenoxy) is 1. The van der Waals surface area contributed by atoms with Crippen molar-refractivity contribution in [2.45, 2.75) is 70.6 Å². The molecule has 120 valence electrons. The minimum atomic E-state index is -1.20. The molecule has 2 atom stereocenters. The topological polar surface area (TPSA) is 98.5 Å². The molecule has 0 aromatic heterocycles. The molecule has 1 N–H and O–H groups in total. The quantitative estimate of drug-likeness (QED) is 0.490.